The zero-order valence-corrected chi connectivity index (χ0v) is 13.5. The third kappa shape index (κ3) is 3.91. The SMILES string of the molecule is CCNCC1CCN(CC2Cc3cc(Cl)ccc3O2)CC1. The molecule has 1 fully saturated rings. The van der Waals surface area contributed by atoms with Crippen LogP contribution in [-0.2, 0) is 6.42 Å². The van der Waals surface area contributed by atoms with E-state index < -0.39 is 0 Å². The predicted octanol–water partition coefficient (Wildman–Crippen LogP) is 2.97. The molecule has 0 spiro atoms. The number of fused-ring (bicyclic) bond motifs is 1. The molecule has 3 nitrogen and oxygen atoms in total. The maximum absolute atomic E-state index is 6.05. The Labute approximate surface area is 132 Å². The lowest BCUT2D eigenvalue weighted by atomic mass is 9.96. The van der Waals surface area contributed by atoms with E-state index in [0.29, 0.717) is 6.10 Å². The molecule has 1 aromatic rings. The van der Waals surface area contributed by atoms with E-state index in [9.17, 15) is 0 Å². The average molecular weight is 309 g/mol. The number of ether oxygens (including phenoxy) is 1. The topological polar surface area (TPSA) is 24.5 Å². The molecule has 2 aliphatic rings. The summed E-state index contributed by atoms with van der Waals surface area (Å²) in [4.78, 5) is 2.56. The maximum Gasteiger partial charge on any atom is 0.123 e. The summed E-state index contributed by atoms with van der Waals surface area (Å²) in [7, 11) is 0. The Morgan fingerprint density at radius 3 is 2.90 bits per heavy atom. The zero-order valence-electron chi connectivity index (χ0n) is 12.8. The predicted molar refractivity (Wildman–Crippen MR) is 87.3 cm³/mol. The summed E-state index contributed by atoms with van der Waals surface area (Å²) in [6, 6.07) is 5.95. The number of halogens is 1. The van der Waals surface area contributed by atoms with Crippen molar-refractivity contribution in [3.8, 4) is 5.75 Å². The number of benzene rings is 1. The van der Waals surface area contributed by atoms with Gasteiger partial charge in [-0.15, -0.1) is 0 Å². The molecule has 1 N–H and O–H groups in total. The molecule has 2 aliphatic heterocycles. The van der Waals surface area contributed by atoms with Crippen molar-refractivity contribution in [2.24, 2.45) is 5.92 Å². The first-order valence-corrected chi connectivity index (χ1v) is 8.50. The fraction of sp³-hybridized carbons (Fsp3) is 0.647. The standard InChI is InChI=1S/C17H25ClN2O/c1-2-19-11-13-5-7-20(8-6-13)12-16-10-14-9-15(18)3-4-17(14)21-16/h3-4,9,13,16,19H,2,5-8,10-12H2,1H3. The molecule has 0 aliphatic carbocycles. The molecule has 3 rings (SSSR count). The van der Waals surface area contributed by atoms with Gasteiger partial charge in [-0.25, -0.2) is 0 Å². The molecule has 1 aromatic carbocycles. The lowest BCUT2D eigenvalue weighted by Gasteiger charge is -2.33. The summed E-state index contributed by atoms with van der Waals surface area (Å²) in [5.41, 5.74) is 1.26. The first-order chi connectivity index (χ1) is 10.2. The van der Waals surface area contributed by atoms with Crippen LogP contribution in [-0.4, -0.2) is 43.7 Å². The highest BCUT2D eigenvalue weighted by atomic mass is 35.5. The fourth-order valence-corrected chi connectivity index (χ4v) is 3.60. The van der Waals surface area contributed by atoms with E-state index in [1.54, 1.807) is 0 Å². The molecule has 4 heteroatoms. The van der Waals surface area contributed by atoms with Gasteiger partial charge in [-0.2, -0.15) is 0 Å². The number of hydrogen-bond acceptors (Lipinski definition) is 3. The van der Waals surface area contributed by atoms with Crippen LogP contribution in [0.1, 0.15) is 25.3 Å². The molecule has 0 aromatic heterocycles. The molecular weight excluding hydrogens is 284 g/mol. The van der Waals surface area contributed by atoms with Crippen LogP contribution in [0.3, 0.4) is 0 Å². The van der Waals surface area contributed by atoms with Gasteiger partial charge in [0.15, 0.2) is 0 Å². The Hall–Kier alpha value is -0.770. The fourth-order valence-electron chi connectivity index (χ4n) is 3.40. The summed E-state index contributed by atoms with van der Waals surface area (Å²) in [6.45, 7) is 7.88. The third-order valence-corrected chi connectivity index (χ3v) is 4.85. The van der Waals surface area contributed by atoms with Crippen molar-refractivity contribution < 1.29 is 4.74 Å². The monoisotopic (exact) mass is 308 g/mol. The van der Waals surface area contributed by atoms with Gasteiger partial charge in [-0.1, -0.05) is 18.5 Å². The molecule has 0 bridgehead atoms. The number of likely N-dealkylation sites (tertiary alicyclic amines) is 1. The normalized spacial score (nSPS) is 23.0. The van der Waals surface area contributed by atoms with Crippen LogP contribution in [0.4, 0.5) is 0 Å². The number of nitrogens with one attached hydrogen (secondary N) is 1. The van der Waals surface area contributed by atoms with Crippen LogP contribution in [0.25, 0.3) is 0 Å². The molecule has 0 amide bonds. The van der Waals surface area contributed by atoms with Crippen LogP contribution in [0.5, 0.6) is 5.75 Å². The van der Waals surface area contributed by atoms with Crippen molar-refractivity contribution in [2.45, 2.75) is 32.3 Å². The van der Waals surface area contributed by atoms with Crippen molar-refractivity contribution in [3.63, 3.8) is 0 Å². The van der Waals surface area contributed by atoms with E-state index in [-0.39, 0.29) is 0 Å². The quantitative estimate of drug-likeness (QED) is 0.905. The van der Waals surface area contributed by atoms with Crippen molar-refractivity contribution in [1.29, 1.82) is 0 Å². The largest absolute Gasteiger partial charge is 0.488 e. The summed E-state index contributed by atoms with van der Waals surface area (Å²) in [6.07, 6.45) is 3.90. The van der Waals surface area contributed by atoms with Gasteiger partial charge in [-0.05, 0) is 68.7 Å². The highest BCUT2D eigenvalue weighted by molar-refractivity contribution is 6.30. The second-order valence-electron chi connectivity index (χ2n) is 6.25. The first-order valence-electron chi connectivity index (χ1n) is 8.12. The smallest absolute Gasteiger partial charge is 0.123 e. The minimum absolute atomic E-state index is 0.295. The molecular formula is C17H25ClN2O. The number of nitrogens with zero attached hydrogens (tertiary/aromatic N) is 1. The Morgan fingerprint density at radius 1 is 1.33 bits per heavy atom. The van der Waals surface area contributed by atoms with E-state index in [4.69, 9.17) is 16.3 Å². The first kappa shape index (κ1) is 15.1. The zero-order chi connectivity index (χ0) is 14.7. The highest BCUT2D eigenvalue weighted by Crippen LogP contribution is 2.31. The van der Waals surface area contributed by atoms with Crippen LogP contribution >= 0.6 is 11.6 Å². The number of hydrogen-bond donors (Lipinski definition) is 1. The Kier molecular flexibility index (Phi) is 5.04. The lowest BCUT2D eigenvalue weighted by molar-refractivity contribution is 0.116. The molecule has 2 heterocycles. The maximum atomic E-state index is 6.05. The van der Waals surface area contributed by atoms with E-state index in [2.05, 4.69) is 17.1 Å². The van der Waals surface area contributed by atoms with Crippen molar-refractivity contribution in [2.75, 3.05) is 32.7 Å². The summed E-state index contributed by atoms with van der Waals surface area (Å²) in [5.74, 6) is 1.87. The van der Waals surface area contributed by atoms with Crippen molar-refractivity contribution in [3.05, 3.63) is 28.8 Å². The molecule has 1 atom stereocenters. The molecule has 21 heavy (non-hydrogen) atoms. The minimum Gasteiger partial charge on any atom is -0.488 e. The van der Waals surface area contributed by atoms with Gasteiger partial charge in [-0.3, -0.25) is 4.90 Å². The Morgan fingerprint density at radius 2 is 2.14 bits per heavy atom. The molecule has 0 radical (unpaired) electrons. The van der Waals surface area contributed by atoms with Crippen molar-refractivity contribution in [1.82, 2.24) is 10.2 Å². The van der Waals surface area contributed by atoms with Gasteiger partial charge in [0.25, 0.3) is 0 Å². The van der Waals surface area contributed by atoms with Crippen LogP contribution in [0.15, 0.2) is 18.2 Å². The van der Waals surface area contributed by atoms with Gasteiger partial charge in [0, 0.05) is 18.0 Å². The van der Waals surface area contributed by atoms with Crippen LogP contribution < -0.4 is 10.1 Å². The van der Waals surface area contributed by atoms with Crippen molar-refractivity contribution >= 4 is 11.6 Å². The van der Waals surface area contributed by atoms with E-state index in [1.807, 2.05) is 18.2 Å². The molecule has 1 unspecified atom stereocenters. The second kappa shape index (κ2) is 6.99. The molecule has 116 valence electrons. The number of piperidine rings is 1. The highest BCUT2D eigenvalue weighted by Gasteiger charge is 2.27. The lowest BCUT2D eigenvalue weighted by Crippen LogP contribution is -2.42. The summed E-state index contributed by atoms with van der Waals surface area (Å²) >= 11 is 6.05. The summed E-state index contributed by atoms with van der Waals surface area (Å²) in [5, 5.41) is 4.27. The van der Waals surface area contributed by atoms with Crippen LogP contribution in [0.2, 0.25) is 5.02 Å². The molecule has 1 saturated heterocycles. The van der Waals surface area contributed by atoms with Gasteiger partial charge < -0.3 is 10.1 Å². The third-order valence-electron chi connectivity index (χ3n) is 4.62. The van der Waals surface area contributed by atoms with E-state index in [1.165, 1.54) is 38.0 Å². The summed E-state index contributed by atoms with van der Waals surface area (Å²) < 4.78 is 6.04. The second-order valence-corrected chi connectivity index (χ2v) is 6.68. The van der Waals surface area contributed by atoms with Gasteiger partial charge in [0.2, 0.25) is 0 Å². The van der Waals surface area contributed by atoms with Crippen LogP contribution in [0, 0.1) is 5.92 Å². The Bertz CT molecular complexity index is 472. The van der Waals surface area contributed by atoms with E-state index in [0.717, 1.165) is 36.2 Å². The Balaban J connectivity index is 1.45. The number of rotatable bonds is 5. The van der Waals surface area contributed by atoms with Gasteiger partial charge >= 0.3 is 0 Å². The van der Waals surface area contributed by atoms with Gasteiger partial charge in [0.05, 0.1) is 0 Å². The van der Waals surface area contributed by atoms with Gasteiger partial charge in [0.1, 0.15) is 11.9 Å². The minimum atomic E-state index is 0.295. The molecule has 0 saturated carbocycles. The van der Waals surface area contributed by atoms with E-state index >= 15 is 0 Å². The average Bonchev–Trinajstić information content (AvgIpc) is 2.88.